The topological polar surface area (TPSA) is 42.3 Å². The standard InChI is InChI=1S/C14H14N2OS/c1-11-6-8-13(9-7-11)18(17)16-12(2)14-5-3-4-10-15-14/h3-10H,1-2H3/b16-12+. The zero-order valence-corrected chi connectivity index (χ0v) is 11.1. The molecule has 4 heteroatoms. The van der Waals surface area contributed by atoms with Gasteiger partial charge in [0.05, 0.1) is 16.3 Å². The zero-order valence-electron chi connectivity index (χ0n) is 10.3. The Morgan fingerprint density at radius 2 is 1.89 bits per heavy atom. The maximum atomic E-state index is 12.0. The number of hydrogen-bond donors (Lipinski definition) is 0. The van der Waals surface area contributed by atoms with E-state index in [1.165, 1.54) is 0 Å². The van der Waals surface area contributed by atoms with Crippen LogP contribution in [-0.2, 0) is 11.0 Å². The second-order valence-corrected chi connectivity index (χ2v) is 5.11. The van der Waals surface area contributed by atoms with Gasteiger partial charge < -0.3 is 0 Å². The average Bonchev–Trinajstić information content (AvgIpc) is 2.40. The lowest BCUT2D eigenvalue weighted by Crippen LogP contribution is -2.00. The maximum absolute atomic E-state index is 12.0. The summed E-state index contributed by atoms with van der Waals surface area (Å²) < 4.78 is 16.2. The van der Waals surface area contributed by atoms with Crippen molar-refractivity contribution in [2.45, 2.75) is 18.7 Å². The largest absolute Gasteiger partial charge is 0.255 e. The second kappa shape index (κ2) is 5.69. The van der Waals surface area contributed by atoms with E-state index in [9.17, 15) is 4.21 Å². The molecule has 0 spiro atoms. The average molecular weight is 258 g/mol. The molecular formula is C14H14N2OS. The lowest BCUT2D eigenvalue weighted by Gasteiger charge is -2.00. The van der Waals surface area contributed by atoms with Crippen molar-refractivity contribution in [2.24, 2.45) is 4.40 Å². The van der Waals surface area contributed by atoms with Crippen LogP contribution in [0.1, 0.15) is 18.2 Å². The lowest BCUT2D eigenvalue weighted by molar-refractivity contribution is 0.684. The van der Waals surface area contributed by atoms with Crippen molar-refractivity contribution < 1.29 is 4.21 Å². The molecule has 0 aliphatic heterocycles. The van der Waals surface area contributed by atoms with Gasteiger partial charge in [0.25, 0.3) is 0 Å². The molecule has 0 saturated heterocycles. The van der Waals surface area contributed by atoms with Gasteiger partial charge in [-0.2, -0.15) is 4.40 Å². The SMILES string of the molecule is C/C(=N\S(=O)c1ccc(C)cc1)c1ccccn1. The first-order valence-corrected chi connectivity index (χ1v) is 6.73. The number of hydrogen-bond acceptors (Lipinski definition) is 2. The predicted octanol–water partition coefficient (Wildman–Crippen LogP) is 2.92. The molecule has 0 N–H and O–H groups in total. The number of rotatable bonds is 3. The number of nitrogens with zero attached hydrogens (tertiary/aromatic N) is 2. The first-order valence-electron chi connectivity index (χ1n) is 5.62. The minimum atomic E-state index is -1.37. The normalized spacial score (nSPS) is 13.3. The van der Waals surface area contributed by atoms with Gasteiger partial charge in [0.1, 0.15) is 0 Å². The Balaban J connectivity index is 2.23. The first-order chi connectivity index (χ1) is 8.66. The van der Waals surface area contributed by atoms with Gasteiger partial charge in [-0.3, -0.25) is 4.98 Å². The summed E-state index contributed by atoms with van der Waals surface area (Å²) in [5.41, 5.74) is 2.56. The van der Waals surface area contributed by atoms with Crippen molar-refractivity contribution in [3.05, 3.63) is 59.9 Å². The Morgan fingerprint density at radius 3 is 2.50 bits per heavy atom. The van der Waals surface area contributed by atoms with Crippen LogP contribution in [0.2, 0.25) is 0 Å². The van der Waals surface area contributed by atoms with Crippen molar-refractivity contribution in [3.63, 3.8) is 0 Å². The van der Waals surface area contributed by atoms with Crippen molar-refractivity contribution in [3.8, 4) is 0 Å². The quantitative estimate of drug-likeness (QED) is 0.794. The molecule has 0 aliphatic carbocycles. The predicted molar refractivity (Wildman–Crippen MR) is 74.0 cm³/mol. The van der Waals surface area contributed by atoms with Crippen LogP contribution in [0.25, 0.3) is 0 Å². The molecule has 2 aromatic rings. The van der Waals surface area contributed by atoms with Crippen molar-refractivity contribution in [1.82, 2.24) is 4.98 Å². The molecule has 18 heavy (non-hydrogen) atoms. The molecule has 1 atom stereocenters. The van der Waals surface area contributed by atoms with E-state index in [2.05, 4.69) is 9.38 Å². The van der Waals surface area contributed by atoms with Gasteiger partial charge in [-0.1, -0.05) is 23.8 Å². The van der Waals surface area contributed by atoms with Crippen LogP contribution in [0, 0.1) is 6.92 Å². The van der Waals surface area contributed by atoms with Crippen molar-refractivity contribution in [1.29, 1.82) is 0 Å². The Hall–Kier alpha value is -1.81. The van der Waals surface area contributed by atoms with Crippen LogP contribution in [-0.4, -0.2) is 14.9 Å². The molecule has 1 unspecified atom stereocenters. The highest BCUT2D eigenvalue weighted by atomic mass is 32.2. The highest BCUT2D eigenvalue weighted by Crippen LogP contribution is 2.10. The summed E-state index contributed by atoms with van der Waals surface area (Å²) in [6, 6.07) is 13.1. The molecule has 0 radical (unpaired) electrons. The van der Waals surface area contributed by atoms with E-state index in [0.717, 1.165) is 11.3 Å². The summed E-state index contributed by atoms with van der Waals surface area (Å²) in [5.74, 6) is 0. The smallest absolute Gasteiger partial charge is 0.172 e. The Labute approximate surface area is 109 Å². The van der Waals surface area contributed by atoms with Crippen LogP contribution in [0.15, 0.2) is 58.0 Å². The van der Waals surface area contributed by atoms with Crippen LogP contribution in [0.5, 0.6) is 0 Å². The highest BCUT2D eigenvalue weighted by molar-refractivity contribution is 7.83. The van der Waals surface area contributed by atoms with E-state index >= 15 is 0 Å². The Morgan fingerprint density at radius 1 is 1.17 bits per heavy atom. The van der Waals surface area contributed by atoms with Crippen LogP contribution < -0.4 is 0 Å². The third kappa shape index (κ3) is 3.11. The van der Waals surface area contributed by atoms with E-state index in [1.807, 2.05) is 56.3 Å². The Kier molecular flexibility index (Phi) is 3.99. The molecule has 1 heterocycles. The van der Waals surface area contributed by atoms with Gasteiger partial charge in [-0.05, 0) is 38.1 Å². The summed E-state index contributed by atoms with van der Waals surface area (Å²) in [7, 11) is -1.37. The molecule has 0 fully saturated rings. The van der Waals surface area contributed by atoms with Crippen molar-refractivity contribution in [2.75, 3.05) is 0 Å². The van der Waals surface area contributed by atoms with Gasteiger partial charge in [0, 0.05) is 6.20 Å². The fourth-order valence-electron chi connectivity index (χ4n) is 1.46. The summed E-state index contributed by atoms with van der Waals surface area (Å²) in [4.78, 5) is 4.88. The number of pyridine rings is 1. The molecule has 1 aromatic heterocycles. The van der Waals surface area contributed by atoms with Gasteiger partial charge in [0.15, 0.2) is 11.0 Å². The van der Waals surface area contributed by atoms with Gasteiger partial charge >= 0.3 is 0 Å². The molecule has 0 amide bonds. The molecule has 0 saturated carbocycles. The highest BCUT2D eigenvalue weighted by Gasteiger charge is 2.04. The summed E-state index contributed by atoms with van der Waals surface area (Å²) >= 11 is 0. The van der Waals surface area contributed by atoms with Crippen LogP contribution in [0.3, 0.4) is 0 Å². The summed E-state index contributed by atoms with van der Waals surface area (Å²) in [6.07, 6.45) is 1.70. The minimum absolute atomic E-state index is 0.675. The zero-order chi connectivity index (χ0) is 13.0. The van der Waals surface area contributed by atoms with Gasteiger partial charge in [0.2, 0.25) is 0 Å². The molecule has 0 aliphatic rings. The Bertz CT molecular complexity index is 577. The maximum Gasteiger partial charge on any atom is 0.172 e. The fourth-order valence-corrected chi connectivity index (χ4v) is 2.27. The van der Waals surface area contributed by atoms with Crippen LogP contribution >= 0.6 is 0 Å². The van der Waals surface area contributed by atoms with Crippen molar-refractivity contribution >= 4 is 16.7 Å². The molecule has 0 bridgehead atoms. The third-order valence-corrected chi connectivity index (χ3v) is 3.59. The monoisotopic (exact) mass is 258 g/mol. The number of benzene rings is 1. The molecule has 2 rings (SSSR count). The van der Waals surface area contributed by atoms with E-state index < -0.39 is 11.0 Å². The van der Waals surface area contributed by atoms with E-state index in [-0.39, 0.29) is 0 Å². The van der Waals surface area contributed by atoms with Crippen LogP contribution in [0.4, 0.5) is 0 Å². The fraction of sp³-hybridized carbons (Fsp3) is 0.143. The number of aromatic nitrogens is 1. The molecule has 3 nitrogen and oxygen atoms in total. The minimum Gasteiger partial charge on any atom is -0.255 e. The molecular weight excluding hydrogens is 244 g/mol. The van der Waals surface area contributed by atoms with Gasteiger partial charge in [-0.15, -0.1) is 0 Å². The number of aryl methyl sites for hydroxylation is 1. The second-order valence-electron chi connectivity index (χ2n) is 3.95. The lowest BCUT2D eigenvalue weighted by atomic mass is 10.2. The van der Waals surface area contributed by atoms with Gasteiger partial charge in [-0.25, -0.2) is 4.21 Å². The summed E-state index contributed by atoms with van der Waals surface area (Å²) in [5, 5.41) is 0. The summed E-state index contributed by atoms with van der Waals surface area (Å²) in [6.45, 7) is 3.81. The van der Waals surface area contributed by atoms with E-state index in [0.29, 0.717) is 10.6 Å². The molecule has 1 aromatic carbocycles. The van der Waals surface area contributed by atoms with E-state index in [4.69, 9.17) is 0 Å². The molecule has 92 valence electrons. The third-order valence-electron chi connectivity index (χ3n) is 2.48. The first kappa shape index (κ1) is 12.6. The van der Waals surface area contributed by atoms with E-state index in [1.54, 1.807) is 6.20 Å².